The molecule has 2 atom stereocenters. The zero-order chi connectivity index (χ0) is 17.0. The van der Waals surface area contributed by atoms with Gasteiger partial charge in [-0.3, -0.25) is 4.79 Å². The fourth-order valence-corrected chi connectivity index (χ4v) is 3.89. The van der Waals surface area contributed by atoms with Gasteiger partial charge in [0.25, 0.3) is 0 Å². The average Bonchev–Trinajstić information content (AvgIpc) is 2.99. The summed E-state index contributed by atoms with van der Waals surface area (Å²) in [7, 11) is 4.47. The van der Waals surface area contributed by atoms with Crippen LogP contribution in [0, 0.1) is 0 Å². The molecule has 8 heteroatoms. The van der Waals surface area contributed by atoms with Crippen molar-refractivity contribution >= 4 is 23.6 Å². The van der Waals surface area contributed by atoms with Gasteiger partial charge in [0.2, 0.25) is 5.91 Å². The third-order valence-corrected chi connectivity index (χ3v) is 4.86. The molecule has 2 rings (SSSR count). The number of methoxy groups -OCH3 is 3. The van der Waals surface area contributed by atoms with Crippen molar-refractivity contribution in [2.75, 3.05) is 33.7 Å². The predicted octanol–water partition coefficient (Wildman–Crippen LogP) is 1.38. The fraction of sp³-hybridized carbons (Fsp3) is 0.467. The predicted molar refractivity (Wildman–Crippen MR) is 84.9 cm³/mol. The van der Waals surface area contributed by atoms with Gasteiger partial charge in [0, 0.05) is 12.9 Å². The Hall–Kier alpha value is -1.93. The van der Waals surface area contributed by atoms with Gasteiger partial charge < -0.3 is 24.2 Å². The van der Waals surface area contributed by atoms with Crippen LogP contribution in [0.4, 0.5) is 0 Å². The Morgan fingerprint density at radius 2 is 1.96 bits per heavy atom. The minimum Gasteiger partial charge on any atom is -0.493 e. The van der Waals surface area contributed by atoms with Gasteiger partial charge in [0.05, 0.1) is 14.2 Å². The van der Waals surface area contributed by atoms with Crippen LogP contribution in [0.1, 0.15) is 10.9 Å². The van der Waals surface area contributed by atoms with E-state index in [4.69, 9.17) is 14.2 Å². The molecule has 23 heavy (non-hydrogen) atoms. The monoisotopic (exact) mass is 341 g/mol. The van der Waals surface area contributed by atoms with Crippen LogP contribution < -0.4 is 9.47 Å². The molecule has 1 aromatic carbocycles. The highest BCUT2D eigenvalue weighted by Crippen LogP contribution is 2.43. The Labute approximate surface area is 138 Å². The fourth-order valence-electron chi connectivity index (χ4n) is 2.46. The van der Waals surface area contributed by atoms with Crippen LogP contribution in [0.25, 0.3) is 0 Å². The number of carboxylic acids is 1. The van der Waals surface area contributed by atoms with E-state index in [0.717, 1.165) is 5.56 Å². The summed E-state index contributed by atoms with van der Waals surface area (Å²) in [5.74, 6) is 0.0472. The van der Waals surface area contributed by atoms with E-state index in [0.29, 0.717) is 17.3 Å². The molecular weight excluding hydrogens is 322 g/mol. The average molecular weight is 341 g/mol. The van der Waals surface area contributed by atoms with Gasteiger partial charge in [-0.05, 0) is 17.7 Å². The molecule has 1 N–H and O–H groups in total. The lowest BCUT2D eigenvalue weighted by atomic mass is 10.1. The van der Waals surface area contributed by atoms with Crippen molar-refractivity contribution in [1.29, 1.82) is 0 Å². The summed E-state index contributed by atoms with van der Waals surface area (Å²) in [4.78, 5) is 25.1. The molecule has 1 fully saturated rings. The largest absolute Gasteiger partial charge is 0.493 e. The number of benzene rings is 1. The number of aliphatic carboxylic acids is 1. The van der Waals surface area contributed by atoms with E-state index < -0.39 is 17.4 Å². The standard InChI is InChI=1S/C15H19NO6S/c1-20-7-13(17)16-10(15(18)19)8-23-14(16)9-4-5-11(21-2)12(6-9)22-3/h4-6,10,14H,7-8H2,1-3H3,(H,18,19)/t10-,14+/m0/s1. The third kappa shape index (κ3) is 3.53. The van der Waals surface area contributed by atoms with Crippen molar-refractivity contribution in [1.82, 2.24) is 4.90 Å². The van der Waals surface area contributed by atoms with E-state index in [1.54, 1.807) is 18.2 Å². The summed E-state index contributed by atoms with van der Waals surface area (Å²) < 4.78 is 15.3. The van der Waals surface area contributed by atoms with Crippen LogP contribution in [0.5, 0.6) is 11.5 Å². The molecular formula is C15H19NO6S. The molecule has 1 aliphatic rings. The second-order valence-electron chi connectivity index (χ2n) is 4.89. The Morgan fingerprint density at radius 1 is 1.26 bits per heavy atom. The first-order chi connectivity index (χ1) is 11.0. The minimum absolute atomic E-state index is 0.159. The number of carboxylic acid groups (broad SMARTS) is 1. The maximum atomic E-state index is 12.3. The van der Waals surface area contributed by atoms with Gasteiger partial charge in [-0.1, -0.05) is 6.07 Å². The number of carbonyl (C=O) groups is 2. The molecule has 0 saturated carbocycles. The van der Waals surface area contributed by atoms with Crippen molar-refractivity contribution < 1.29 is 28.9 Å². The molecule has 0 radical (unpaired) electrons. The summed E-state index contributed by atoms with van der Waals surface area (Å²) in [6.45, 7) is -0.159. The molecule has 0 spiro atoms. The van der Waals surface area contributed by atoms with Gasteiger partial charge in [0.1, 0.15) is 18.0 Å². The van der Waals surface area contributed by atoms with Crippen LogP contribution in [-0.2, 0) is 14.3 Å². The Balaban J connectivity index is 2.36. The lowest BCUT2D eigenvalue weighted by Gasteiger charge is -2.27. The Bertz CT molecular complexity index is 593. The molecule has 126 valence electrons. The van der Waals surface area contributed by atoms with E-state index >= 15 is 0 Å². The summed E-state index contributed by atoms with van der Waals surface area (Å²) >= 11 is 1.40. The quantitative estimate of drug-likeness (QED) is 0.836. The van der Waals surface area contributed by atoms with Crippen LogP contribution >= 0.6 is 11.8 Å². The molecule has 1 aliphatic heterocycles. The summed E-state index contributed by atoms with van der Waals surface area (Å²) in [6.07, 6.45) is 0. The van der Waals surface area contributed by atoms with Crippen molar-refractivity contribution in [3.05, 3.63) is 23.8 Å². The van der Waals surface area contributed by atoms with Gasteiger partial charge >= 0.3 is 5.97 Å². The van der Waals surface area contributed by atoms with E-state index in [1.165, 1.54) is 38.0 Å². The van der Waals surface area contributed by atoms with Crippen molar-refractivity contribution in [2.45, 2.75) is 11.4 Å². The van der Waals surface area contributed by atoms with Gasteiger partial charge in [-0.2, -0.15) is 0 Å². The van der Waals surface area contributed by atoms with E-state index in [-0.39, 0.29) is 12.5 Å². The first-order valence-electron chi connectivity index (χ1n) is 6.90. The summed E-state index contributed by atoms with van der Waals surface area (Å²) in [5, 5.41) is 8.95. The molecule has 1 heterocycles. The van der Waals surface area contributed by atoms with Crippen molar-refractivity contribution in [3.8, 4) is 11.5 Å². The van der Waals surface area contributed by atoms with Crippen LogP contribution in [0.15, 0.2) is 18.2 Å². The SMILES string of the molecule is COCC(=O)N1[C@@H](c2ccc(OC)c(OC)c2)SC[C@H]1C(=O)O. The molecule has 1 saturated heterocycles. The highest BCUT2D eigenvalue weighted by atomic mass is 32.2. The van der Waals surface area contributed by atoms with E-state index in [9.17, 15) is 14.7 Å². The third-order valence-electron chi connectivity index (χ3n) is 3.53. The maximum absolute atomic E-state index is 12.3. The number of hydrogen-bond acceptors (Lipinski definition) is 6. The molecule has 0 unspecified atom stereocenters. The second-order valence-corrected chi connectivity index (χ2v) is 6.00. The molecule has 0 aromatic heterocycles. The smallest absolute Gasteiger partial charge is 0.327 e. The number of rotatable bonds is 6. The van der Waals surface area contributed by atoms with Gasteiger partial charge in [0.15, 0.2) is 11.5 Å². The molecule has 1 amide bonds. The maximum Gasteiger partial charge on any atom is 0.327 e. The lowest BCUT2D eigenvalue weighted by Crippen LogP contribution is -2.44. The summed E-state index contributed by atoms with van der Waals surface area (Å²) in [5.41, 5.74) is 0.779. The molecule has 0 aliphatic carbocycles. The highest BCUT2D eigenvalue weighted by Gasteiger charge is 2.42. The van der Waals surface area contributed by atoms with E-state index in [1.807, 2.05) is 0 Å². The number of thioether (sulfide) groups is 1. The highest BCUT2D eigenvalue weighted by molar-refractivity contribution is 7.99. The first-order valence-corrected chi connectivity index (χ1v) is 7.94. The molecule has 0 bridgehead atoms. The Morgan fingerprint density at radius 3 is 2.52 bits per heavy atom. The second kappa shape index (κ2) is 7.56. The van der Waals surface area contributed by atoms with Crippen LogP contribution in [0.2, 0.25) is 0 Å². The number of carbonyl (C=O) groups excluding carboxylic acids is 1. The molecule has 1 aromatic rings. The van der Waals surface area contributed by atoms with Gasteiger partial charge in [-0.25, -0.2) is 4.79 Å². The van der Waals surface area contributed by atoms with Gasteiger partial charge in [-0.15, -0.1) is 11.8 Å². The van der Waals surface area contributed by atoms with Crippen LogP contribution in [-0.4, -0.2) is 61.6 Å². The van der Waals surface area contributed by atoms with E-state index in [2.05, 4.69) is 0 Å². The van der Waals surface area contributed by atoms with Crippen molar-refractivity contribution in [3.63, 3.8) is 0 Å². The normalized spacial score (nSPS) is 20.4. The number of nitrogens with zero attached hydrogens (tertiary/aromatic N) is 1. The number of ether oxygens (including phenoxy) is 3. The first kappa shape index (κ1) is 17.4. The topological polar surface area (TPSA) is 85.3 Å². The lowest BCUT2D eigenvalue weighted by molar-refractivity contribution is -0.150. The van der Waals surface area contributed by atoms with Crippen LogP contribution in [0.3, 0.4) is 0 Å². The zero-order valence-electron chi connectivity index (χ0n) is 13.1. The minimum atomic E-state index is -1.02. The summed E-state index contributed by atoms with van der Waals surface area (Å²) in [6, 6.07) is 4.42. The number of hydrogen-bond donors (Lipinski definition) is 1. The molecule has 7 nitrogen and oxygen atoms in total. The van der Waals surface area contributed by atoms with Crippen molar-refractivity contribution in [2.24, 2.45) is 0 Å². The zero-order valence-corrected chi connectivity index (χ0v) is 14.0. The Kier molecular flexibility index (Phi) is 5.73. The number of amides is 1.